The Morgan fingerprint density at radius 1 is 1.41 bits per heavy atom. The van der Waals surface area contributed by atoms with Crippen molar-refractivity contribution in [3.05, 3.63) is 34.3 Å². The average molecular weight is 256 g/mol. The summed E-state index contributed by atoms with van der Waals surface area (Å²) in [6.45, 7) is 1.72. The smallest absolute Gasteiger partial charge is 0.325 e. The first-order valence-corrected chi connectivity index (χ1v) is 5.42. The van der Waals surface area contributed by atoms with Crippen LogP contribution in [0.1, 0.15) is 15.9 Å². The Hall–Kier alpha value is -1.55. The topological polar surface area (TPSA) is 46.6 Å². The standard InChI is InChI=1S/C12H14ClNO3/c1-8-5-4-6-9(11(8)13)12(16)14(2)7-10(15)17-3/h4-6H,7H2,1-3H3. The van der Waals surface area contributed by atoms with Crippen LogP contribution < -0.4 is 0 Å². The van der Waals surface area contributed by atoms with E-state index >= 15 is 0 Å². The maximum atomic E-state index is 12.0. The molecule has 0 saturated carbocycles. The molecule has 17 heavy (non-hydrogen) atoms. The molecule has 0 spiro atoms. The molecule has 1 rings (SSSR count). The van der Waals surface area contributed by atoms with Crippen molar-refractivity contribution in [3.63, 3.8) is 0 Å². The summed E-state index contributed by atoms with van der Waals surface area (Å²) in [7, 11) is 2.80. The van der Waals surface area contributed by atoms with Gasteiger partial charge in [0.2, 0.25) is 0 Å². The molecule has 0 radical (unpaired) electrons. The van der Waals surface area contributed by atoms with Gasteiger partial charge in [-0.25, -0.2) is 0 Å². The number of aryl methyl sites for hydroxylation is 1. The highest BCUT2D eigenvalue weighted by Gasteiger charge is 2.18. The van der Waals surface area contributed by atoms with Gasteiger partial charge in [0.15, 0.2) is 0 Å². The number of amides is 1. The molecule has 0 N–H and O–H groups in total. The Kier molecular flexibility index (Phi) is 4.52. The number of ether oxygens (including phenoxy) is 1. The summed E-state index contributed by atoms with van der Waals surface area (Å²) in [6, 6.07) is 5.20. The summed E-state index contributed by atoms with van der Waals surface area (Å²) in [5.41, 5.74) is 1.21. The van der Waals surface area contributed by atoms with Gasteiger partial charge in [0.05, 0.1) is 17.7 Å². The van der Waals surface area contributed by atoms with Crippen molar-refractivity contribution >= 4 is 23.5 Å². The zero-order valence-electron chi connectivity index (χ0n) is 9.99. The number of halogens is 1. The minimum Gasteiger partial charge on any atom is -0.468 e. The summed E-state index contributed by atoms with van der Waals surface area (Å²) in [5.74, 6) is -0.770. The fourth-order valence-electron chi connectivity index (χ4n) is 1.35. The molecular formula is C12H14ClNO3. The fraction of sp³-hybridized carbons (Fsp3) is 0.333. The van der Waals surface area contributed by atoms with E-state index in [0.29, 0.717) is 10.6 Å². The SMILES string of the molecule is COC(=O)CN(C)C(=O)c1cccc(C)c1Cl. The first-order chi connectivity index (χ1) is 7.97. The Bertz CT molecular complexity index is 445. The molecule has 0 aliphatic rings. The van der Waals surface area contributed by atoms with Crippen LogP contribution in [0.15, 0.2) is 18.2 Å². The zero-order valence-corrected chi connectivity index (χ0v) is 10.7. The lowest BCUT2D eigenvalue weighted by Gasteiger charge is -2.16. The van der Waals surface area contributed by atoms with Crippen molar-refractivity contribution in [1.29, 1.82) is 0 Å². The maximum Gasteiger partial charge on any atom is 0.325 e. The Balaban J connectivity index is 2.89. The quantitative estimate of drug-likeness (QED) is 0.775. The van der Waals surface area contributed by atoms with Crippen LogP contribution in [0.5, 0.6) is 0 Å². The third kappa shape index (κ3) is 3.20. The first kappa shape index (κ1) is 13.5. The number of carbonyl (C=O) groups is 2. The molecule has 1 aromatic rings. The number of methoxy groups -OCH3 is 1. The van der Waals surface area contributed by atoms with Gasteiger partial charge in [-0.05, 0) is 18.6 Å². The van der Waals surface area contributed by atoms with E-state index in [1.165, 1.54) is 19.1 Å². The lowest BCUT2D eigenvalue weighted by Crippen LogP contribution is -2.32. The van der Waals surface area contributed by atoms with E-state index in [9.17, 15) is 9.59 Å². The molecule has 0 unspecified atom stereocenters. The zero-order chi connectivity index (χ0) is 13.0. The maximum absolute atomic E-state index is 12.0. The van der Waals surface area contributed by atoms with Gasteiger partial charge in [0, 0.05) is 7.05 Å². The van der Waals surface area contributed by atoms with Gasteiger partial charge >= 0.3 is 5.97 Å². The second-order valence-electron chi connectivity index (χ2n) is 3.67. The lowest BCUT2D eigenvalue weighted by molar-refractivity contribution is -0.141. The first-order valence-electron chi connectivity index (χ1n) is 5.04. The van der Waals surface area contributed by atoms with Crippen LogP contribution in [-0.2, 0) is 9.53 Å². The number of likely N-dealkylation sites (N-methyl/N-ethyl adjacent to an activating group) is 1. The summed E-state index contributed by atoms with van der Waals surface area (Å²) in [4.78, 5) is 24.3. The van der Waals surface area contributed by atoms with E-state index in [0.717, 1.165) is 5.56 Å². The second-order valence-corrected chi connectivity index (χ2v) is 4.05. The molecule has 0 saturated heterocycles. The molecular weight excluding hydrogens is 242 g/mol. The molecule has 0 atom stereocenters. The molecule has 0 heterocycles. The van der Waals surface area contributed by atoms with Crippen molar-refractivity contribution in [3.8, 4) is 0 Å². The highest BCUT2D eigenvalue weighted by atomic mass is 35.5. The predicted molar refractivity (Wildman–Crippen MR) is 65.2 cm³/mol. The highest BCUT2D eigenvalue weighted by molar-refractivity contribution is 6.34. The van der Waals surface area contributed by atoms with E-state index in [-0.39, 0.29) is 12.5 Å². The number of carbonyl (C=O) groups excluding carboxylic acids is 2. The Labute approximate surface area is 105 Å². The molecule has 4 nitrogen and oxygen atoms in total. The molecule has 92 valence electrons. The molecule has 5 heteroatoms. The summed E-state index contributed by atoms with van der Waals surface area (Å²) in [5, 5.41) is 0.411. The molecule has 0 aromatic heterocycles. The Morgan fingerprint density at radius 3 is 2.65 bits per heavy atom. The number of esters is 1. The van der Waals surface area contributed by atoms with E-state index in [1.807, 2.05) is 13.0 Å². The predicted octanol–water partition coefficient (Wildman–Crippen LogP) is 1.89. The average Bonchev–Trinajstić information content (AvgIpc) is 2.31. The third-order valence-corrected chi connectivity index (χ3v) is 2.86. The van der Waals surface area contributed by atoms with E-state index in [1.54, 1.807) is 12.1 Å². The number of benzene rings is 1. The van der Waals surface area contributed by atoms with Gasteiger partial charge in [-0.2, -0.15) is 0 Å². The van der Waals surface area contributed by atoms with Gasteiger partial charge < -0.3 is 9.64 Å². The van der Waals surface area contributed by atoms with E-state index in [2.05, 4.69) is 4.74 Å². The van der Waals surface area contributed by atoms with Crippen molar-refractivity contribution in [1.82, 2.24) is 4.90 Å². The van der Waals surface area contributed by atoms with Crippen LogP contribution in [0.4, 0.5) is 0 Å². The summed E-state index contributed by atoms with van der Waals surface area (Å²) in [6.07, 6.45) is 0. The minimum absolute atomic E-state index is 0.0976. The number of nitrogens with zero attached hydrogens (tertiary/aromatic N) is 1. The normalized spacial score (nSPS) is 9.88. The van der Waals surface area contributed by atoms with Crippen molar-refractivity contribution in [2.75, 3.05) is 20.7 Å². The van der Waals surface area contributed by atoms with Crippen LogP contribution >= 0.6 is 11.6 Å². The van der Waals surface area contributed by atoms with Gasteiger partial charge in [0.1, 0.15) is 6.54 Å². The fourth-order valence-corrected chi connectivity index (χ4v) is 1.56. The molecule has 0 aliphatic carbocycles. The van der Waals surface area contributed by atoms with Gasteiger partial charge in [-0.1, -0.05) is 23.7 Å². The summed E-state index contributed by atoms with van der Waals surface area (Å²) >= 11 is 6.04. The van der Waals surface area contributed by atoms with Crippen molar-refractivity contribution < 1.29 is 14.3 Å². The number of hydrogen-bond acceptors (Lipinski definition) is 3. The van der Waals surface area contributed by atoms with Gasteiger partial charge in [-0.15, -0.1) is 0 Å². The molecule has 0 bridgehead atoms. The highest BCUT2D eigenvalue weighted by Crippen LogP contribution is 2.21. The van der Waals surface area contributed by atoms with Crippen molar-refractivity contribution in [2.24, 2.45) is 0 Å². The van der Waals surface area contributed by atoms with Gasteiger partial charge in [-0.3, -0.25) is 9.59 Å². The largest absolute Gasteiger partial charge is 0.468 e. The van der Waals surface area contributed by atoms with Crippen LogP contribution in [0, 0.1) is 6.92 Å². The molecule has 0 fully saturated rings. The summed E-state index contributed by atoms with van der Waals surface area (Å²) < 4.78 is 4.50. The number of hydrogen-bond donors (Lipinski definition) is 0. The van der Waals surface area contributed by atoms with Crippen LogP contribution in [-0.4, -0.2) is 37.5 Å². The monoisotopic (exact) mass is 255 g/mol. The second kappa shape index (κ2) is 5.68. The molecule has 1 amide bonds. The van der Waals surface area contributed by atoms with E-state index in [4.69, 9.17) is 11.6 Å². The van der Waals surface area contributed by atoms with E-state index < -0.39 is 5.97 Å². The minimum atomic E-state index is -0.468. The third-order valence-electron chi connectivity index (χ3n) is 2.36. The van der Waals surface area contributed by atoms with Gasteiger partial charge in [0.25, 0.3) is 5.91 Å². The molecule has 1 aromatic carbocycles. The van der Waals surface area contributed by atoms with Crippen LogP contribution in [0.2, 0.25) is 5.02 Å². The number of rotatable bonds is 3. The van der Waals surface area contributed by atoms with Crippen molar-refractivity contribution in [2.45, 2.75) is 6.92 Å². The lowest BCUT2D eigenvalue weighted by atomic mass is 10.1. The Morgan fingerprint density at radius 2 is 2.06 bits per heavy atom. The van der Waals surface area contributed by atoms with Crippen LogP contribution in [0.25, 0.3) is 0 Å². The molecule has 0 aliphatic heterocycles. The van der Waals surface area contributed by atoms with Crippen LogP contribution in [0.3, 0.4) is 0 Å².